The molecule has 1 unspecified atom stereocenters. The molecule has 0 radical (unpaired) electrons. The van der Waals surface area contributed by atoms with Crippen molar-refractivity contribution >= 4 is 35.2 Å². The fourth-order valence-corrected chi connectivity index (χ4v) is 2.60. The van der Waals surface area contributed by atoms with Crippen LogP contribution in [0.25, 0.3) is 0 Å². The van der Waals surface area contributed by atoms with Gasteiger partial charge in [0.25, 0.3) is 0 Å². The van der Waals surface area contributed by atoms with E-state index in [4.69, 9.17) is 5.11 Å². The van der Waals surface area contributed by atoms with Gasteiger partial charge in [0.2, 0.25) is 0 Å². The number of urea groups is 1. The van der Waals surface area contributed by atoms with E-state index in [-0.39, 0.29) is 13.1 Å². The summed E-state index contributed by atoms with van der Waals surface area (Å²) in [4.78, 5) is 48.9. The van der Waals surface area contributed by atoms with Crippen molar-refractivity contribution in [3.63, 3.8) is 0 Å². The lowest BCUT2D eigenvalue weighted by atomic mass is 10.2. The largest absolute Gasteiger partial charge is 0.479 e. The Hall–Kier alpha value is -2.42. The molecule has 0 saturated carbocycles. The Bertz CT molecular complexity index is 586. The first-order valence-corrected chi connectivity index (χ1v) is 6.93. The smallest absolute Gasteiger partial charge is 0.331 e. The molecule has 1 saturated heterocycles. The van der Waals surface area contributed by atoms with Gasteiger partial charge in [-0.15, -0.1) is 11.3 Å². The van der Waals surface area contributed by atoms with Crippen LogP contribution in [0.5, 0.6) is 0 Å². The standard InChI is InChI=1S/C12H13N3O5S/c1-14-4-5-15(10(17)9(14)16)12(20)13-8(11(18)19)7-3-2-6-21-7/h2-3,6,8H,4-5H2,1H3,(H,13,20)(H,18,19). The molecule has 1 fully saturated rings. The number of piperazine rings is 1. The van der Waals surface area contributed by atoms with Crippen molar-refractivity contribution in [2.24, 2.45) is 0 Å². The van der Waals surface area contributed by atoms with E-state index in [1.54, 1.807) is 17.5 Å². The maximum absolute atomic E-state index is 12.0. The molecule has 0 aromatic carbocycles. The quantitative estimate of drug-likeness (QED) is 0.757. The van der Waals surface area contributed by atoms with Crippen LogP contribution in [0.3, 0.4) is 0 Å². The molecule has 1 aliphatic heterocycles. The second-order valence-corrected chi connectivity index (χ2v) is 5.40. The van der Waals surface area contributed by atoms with Gasteiger partial charge in [-0.05, 0) is 11.4 Å². The molecule has 4 amide bonds. The predicted octanol–water partition coefficient (Wildman–Crippen LogP) is -0.116. The van der Waals surface area contributed by atoms with E-state index in [1.165, 1.54) is 23.3 Å². The fraction of sp³-hybridized carbons (Fsp3) is 0.333. The number of hydrogen-bond donors (Lipinski definition) is 2. The summed E-state index contributed by atoms with van der Waals surface area (Å²) in [5.41, 5.74) is 0. The molecule has 8 nitrogen and oxygen atoms in total. The number of likely N-dealkylation sites (N-methyl/N-ethyl adjacent to an activating group) is 1. The normalized spacial score (nSPS) is 16.8. The molecular weight excluding hydrogens is 298 g/mol. The van der Waals surface area contributed by atoms with Gasteiger partial charge in [-0.1, -0.05) is 6.07 Å². The number of carbonyl (C=O) groups is 4. The summed E-state index contributed by atoms with van der Waals surface area (Å²) in [5.74, 6) is -2.99. The fourth-order valence-electron chi connectivity index (χ4n) is 1.84. The summed E-state index contributed by atoms with van der Waals surface area (Å²) >= 11 is 1.18. The van der Waals surface area contributed by atoms with E-state index in [0.717, 1.165) is 4.90 Å². The maximum atomic E-state index is 12.0. The predicted molar refractivity (Wildman–Crippen MR) is 72.6 cm³/mol. The number of carboxylic acid groups (broad SMARTS) is 1. The van der Waals surface area contributed by atoms with Gasteiger partial charge in [0.15, 0.2) is 6.04 Å². The van der Waals surface area contributed by atoms with Crippen LogP contribution in [-0.4, -0.2) is 58.9 Å². The van der Waals surface area contributed by atoms with Crippen LogP contribution in [0, 0.1) is 0 Å². The summed E-state index contributed by atoms with van der Waals surface area (Å²) in [6.07, 6.45) is 0. The van der Waals surface area contributed by atoms with Crippen molar-refractivity contribution < 1.29 is 24.3 Å². The third kappa shape index (κ3) is 3.02. The van der Waals surface area contributed by atoms with Gasteiger partial charge in [0.05, 0.1) is 0 Å². The number of nitrogens with zero attached hydrogens (tertiary/aromatic N) is 2. The Labute approximate surface area is 123 Å². The van der Waals surface area contributed by atoms with Gasteiger partial charge < -0.3 is 15.3 Å². The van der Waals surface area contributed by atoms with Crippen LogP contribution in [0.1, 0.15) is 10.9 Å². The summed E-state index contributed by atoms with van der Waals surface area (Å²) in [6.45, 7) is 0.248. The molecular formula is C12H13N3O5S. The summed E-state index contributed by atoms with van der Waals surface area (Å²) in [6, 6.07) is 1.09. The van der Waals surface area contributed by atoms with E-state index < -0.39 is 29.9 Å². The number of thiophene rings is 1. The molecule has 1 atom stereocenters. The highest BCUT2D eigenvalue weighted by Crippen LogP contribution is 2.19. The number of nitrogens with one attached hydrogen (secondary N) is 1. The van der Waals surface area contributed by atoms with Gasteiger partial charge >= 0.3 is 23.8 Å². The van der Waals surface area contributed by atoms with Crippen molar-refractivity contribution in [3.8, 4) is 0 Å². The first kappa shape index (κ1) is 15.0. The minimum absolute atomic E-state index is 0.0314. The van der Waals surface area contributed by atoms with Gasteiger partial charge in [-0.2, -0.15) is 0 Å². The lowest BCUT2D eigenvalue weighted by Crippen LogP contribution is -2.57. The van der Waals surface area contributed by atoms with Crippen LogP contribution in [0.2, 0.25) is 0 Å². The molecule has 0 bridgehead atoms. The van der Waals surface area contributed by atoms with Gasteiger partial charge in [0, 0.05) is 25.0 Å². The van der Waals surface area contributed by atoms with Crippen LogP contribution in [-0.2, 0) is 14.4 Å². The van der Waals surface area contributed by atoms with Crippen molar-refractivity contribution in [3.05, 3.63) is 22.4 Å². The number of amides is 4. The minimum Gasteiger partial charge on any atom is -0.479 e. The molecule has 21 heavy (non-hydrogen) atoms. The Morgan fingerprint density at radius 2 is 2.05 bits per heavy atom. The molecule has 2 rings (SSSR count). The molecule has 0 aliphatic carbocycles. The van der Waals surface area contributed by atoms with E-state index in [2.05, 4.69) is 5.32 Å². The highest BCUT2D eigenvalue weighted by Gasteiger charge is 2.36. The minimum atomic E-state index is -1.25. The highest BCUT2D eigenvalue weighted by atomic mass is 32.1. The molecule has 2 N–H and O–H groups in total. The van der Waals surface area contributed by atoms with Crippen molar-refractivity contribution in [1.29, 1.82) is 0 Å². The number of carbonyl (C=O) groups excluding carboxylic acids is 3. The molecule has 0 spiro atoms. The lowest BCUT2D eigenvalue weighted by molar-refractivity contribution is -0.152. The molecule has 2 heterocycles. The van der Waals surface area contributed by atoms with E-state index >= 15 is 0 Å². The molecule has 112 valence electrons. The first-order chi connectivity index (χ1) is 9.91. The SMILES string of the molecule is CN1CCN(C(=O)NC(C(=O)O)c2cccs2)C(=O)C1=O. The van der Waals surface area contributed by atoms with Gasteiger partial charge in [-0.3, -0.25) is 14.5 Å². The van der Waals surface area contributed by atoms with E-state index in [1.807, 2.05) is 0 Å². The summed E-state index contributed by atoms with van der Waals surface area (Å²) in [7, 11) is 1.46. The van der Waals surface area contributed by atoms with Crippen molar-refractivity contribution in [2.45, 2.75) is 6.04 Å². The summed E-state index contributed by atoms with van der Waals surface area (Å²) in [5, 5.41) is 13.1. The van der Waals surface area contributed by atoms with Crippen LogP contribution < -0.4 is 5.32 Å². The van der Waals surface area contributed by atoms with Gasteiger partial charge in [0.1, 0.15) is 0 Å². The third-order valence-corrected chi connectivity index (χ3v) is 3.96. The van der Waals surface area contributed by atoms with Crippen LogP contribution >= 0.6 is 11.3 Å². The first-order valence-electron chi connectivity index (χ1n) is 6.05. The Morgan fingerprint density at radius 3 is 2.62 bits per heavy atom. The highest BCUT2D eigenvalue weighted by molar-refractivity contribution is 7.10. The zero-order chi connectivity index (χ0) is 15.6. The molecule has 1 aromatic rings. The van der Waals surface area contributed by atoms with Crippen LogP contribution in [0.4, 0.5) is 4.79 Å². The number of imide groups is 1. The zero-order valence-electron chi connectivity index (χ0n) is 11.1. The van der Waals surface area contributed by atoms with Gasteiger partial charge in [-0.25, -0.2) is 9.59 Å². The molecule has 1 aliphatic rings. The van der Waals surface area contributed by atoms with Crippen molar-refractivity contribution in [1.82, 2.24) is 15.1 Å². The van der Waals surface area contributed by atoms with E-state index in [0.29, 0.717) is 4.88 Å². The van der Waals surface area contributed by atoms with Crippen LogP contribution in [0.15, 0.2) is 17.5 Å². The summed E-state index contributed by atoms with van der Waals surface area (Å²) < 4.78 is 0. The average molecular weight is 311 g/mol. The second-order valence-electron chi connectivity index (χ2n) is 4.42. The molecule has 1 aromatic heterocycles. The number of aliphatic carboxylic acids is 1. The Morgan fingerprint density at radius 1 is 1.33 bits per heavy atom. The maximum Gasteiger partial charge on any atom is 0.331 e. The average Bonchev–Trinajstić information content (AvgIpc) is 2.95. The number of carboxylic acids is 1. The monoisotopic (exact) mass is 311 g/mol. The number of hydrogen-bond acceptors (Lipinski definition) is 5. The zero-order valence-corrected chi connectivity index (χ0v) is 11.9. The lowest BCUT2D eigenvalue weighted by Gasteiger charge is -2.30. The van der Waals surface area contributed by atoms with Crippen molar-refractivity contribution in [2.75, 3.05) is 20.1 Å². The molecule has 9 heteroatoms. The van der Waals surface area contributed by atoms with E-state index in [9.17, 15) is 19.2 Å². The Kier molecular flexibility index (Phi) is 4.22. The Balaban J connectivity index is 2.11. The second kappa shape index (κ2) is 5.92. The topological polar surface area (TPSA) is 107 Å². The number of rotatable bonds is 3. The third-order valence-electron chi connectivity index (χ3n) is 3.02.